The summed E-state index contributed by atoms with van der Waals surface area (Å²) in [6.45, 7) is 4.02. The Morgan fingerprint density at radius 1 is 1.07 bits per heavy atom. The number of carbonyl (C=O) groups is 1. The average Bonchev–Trinajstić information content (AvgIpc) is 3.08. The molecule has 1 aromatic heterocycles. The second-order valence-electron chi connectivity index (χ2n) is 7.90. The number of hydrogen-bond acceptors (Lipinski definition) is 4. The summed E-state index contributed by atoms with van der Waals surface area (Å²) < 4.78 is 5.60. The number of rotatable bonds is 2. The molecule has 0 bridgehead atoms. The maximum atomic E-state index is 13.4. The summed E-state index contributed by atoms with van der Waals surface area (Å²) in [6, 6.07) is 16.0. The number of nitrogens with one attached hydrogen (secondary N) is 1. The van der Waals surface area contributed by atoms with Gasteiger partial charge in [-0.05, 0) is 55.0 Å². The smallest absolute Gasteiger partial charge is 0.233 e. The number of benzene rings is 2. The Morgan fingerprint density at radius 3 is 2.59 bits per heavy atom. The number of anilines is 1. The van der Waals surface area contributed by atoms with Gasteiger partial charge in [-0.3, -0.25) is 4.79 Å². The lowest BCUT2D eigenvalue weighted by Crippen LogP contribution is -2.29. The van der Waals surface area contributed by atoms with Gasteiger partial charge >= 0.3 is 0 Å². The van der Waals surface area contributed by atoms with Crippen molar-refractivity contribution in [1.29, 1.82) is 0 Å². The summed E-state index contributed by atoms with van der Waals surface area (Å²) in [5.41, 5.74) is 7.00. The molecule has 2 aliphatic rings. The van der Waals surface area contributed by atoms with Crippen LogP contribution in [0.1, 0.15) is 52.6 Å². The fraction of sp³-hybridized carbons (Fsp3) is 0.250. The van der Waals surface area contributed by atoms with Crippen molar-refractivity contribution in [2.45, 2.75) is 38.5 Å². The summed E-state index contributed by atoms with van der Waals surface area (Å²) in [6.07, 6.45) is 1.24. The van der Waals surface area contributed by atoms with Crippen LogP contribution in [0, 0.1) is 13.8 Å². The molecule has 1 aliphatic carbocycles. The number of ketones is 1. The number of allylic oxidation sites excluding steroid dienone is 2. The summed E-state index contributed by atoms with van der Waals surface area (Å²) in [5, 5.41) is 8.27. The van der Waals surface area contributed by atoms with Crippen LogP contribution < -0.4 is 5.32 Å². The Kier molecular flexibility index (Phi) is 4.32. The van der Waals surface area contributed by atoms with E-state index in [4.69, 9.17) is 16.1 Å². The van der Waals surface area contributed by atoms with E-state index in [-0.39, 0.29) is 17.6 Å². The fourth-order valence-corrected chi connectivity index (χ4v) is 4.79. The molecule has 0 fully saturated rings. The topological polar surface area (TPSA) is 55.1 Å². The zero-order valence-electron chi connectivity index (χ0n) is 16.3. The number of aryl methyl sites for hydroxylation is 2. The molecule has 4 nitrogen and oxygen atoms in total. The number of hydrogen-bond donors (Lipinski definition) is 1. The monoisotopic (exact) mass is 404 g/mol. The predicted octanol–water partition coefficient (Wildman–Crippen LogP) is 5.90. The maximum Gasteiger partial charge on any atom is 0.233 e. The van der Waals surface area contributed by atoms with Crippen molar-refractivity contribution in [3.05, 3.63) is 92.8 Å². The third kappa shape index (κ3) is 2.99. The van der Waals surface area contributed by atoms with Gasteiger partial charge in [0.1, 0.15) is 0 Å². The lowest BCUT2D eigenvalue weighted by Gasteiger charge is -2.35. The maximum absolute atomic E-state index is 13.4. The van der Waals surface area contributed by atoms with Gasteiger partial charge in [0.25, 0.3) is 0 Å². The average molecular weight is 405 g/mol. The second kappa shape index (κ2) is 6.89. The largest absolute Gasteiger partial charge is 0.338 e. The van der Waals surface area contributed by atoms with E-state index < -0.39 is 0 Å². The standard InChI is InChI=1S/C24H21ClN2O2/c1-13-5-3-4-6-18(13)22-21-14(2)27-29-24(21)26-19-11-16(12-20(28)23(19)22)15-7-9-17(25)10-8-15/h3-10,16,22,26H,11-12H2,1-2H3/t16-,22+/m1/s1. The molecular weight excluding hydrogens is 384 g/mol. The second-order valence-corrected chi connectivity index (χ2v) is 8.33. The molecule has 1 aliphatic heterocycles. The van der Waals surface area contributed by atoms with E-state index in [0.717, 1.165) is 45.6 Å². The van der Waals surface area contributed by atoms with Crippen molar-refractivity contribution < 1.29 is 9.32 Å². The van der Waals surface area contributed by atoms with Crippen LogP contribution >= 0.6 is 11.6 Å². The van der Waals surface area contributed by atoms with Crippen LogP contribution in [-0.2, 0) is 4.79 Å². The first-order valence-electron chi connectivity index (χ1n) is 9.83. The molecule has 29 heavy (non-hydrogen) atoms. The zero-order chi connectivity index (χ0) is 20.1. The fourth-order valence-electron chi connectivity index (χ4n) is 4.66. The van der Waals surface area contributed by atoms with E-state index in [1.165, 1.54) is 0 Å². The van der Waals surface area contributed by atoms with E-state index in [1.54, 1.807) is 0 Å². The number of nitrogens with zero attached hydrogens (tertiary/aromatic N) is 1. The zero-order valence-corrected chi connectivity index (χ0v) is 17.1. The van der Waals surface area contributed by atoms with Gasteiger partial charge in [0, 0.05) is 28.6 Å². The molecule has 0 unspecified atom stereocenters. The van der Waals surface area contributed by atoms with E-state index in [2.05, 4.69) is 29.5 Å². The number of carbonyl (C=O) groups excluding carboxylic acids is 1. The van der Waals surface area contributed by atoms with Gasteiger partial charge in [-0.2, -0.15) is 0 Å². The summed E-state index contributed by atoms with van der Waals surface area (Å²) in [4.78, 5) is 13.4. The van der Waals surface area contributed by atoms with Crippen LogP contribution in [0.2, 0.25) is 5.02 Å². The molecule has 2 atom stereocenters. The molecule has 2 heterocycles. The molecule has 0 saturated heterocycles. The van der Waals surface area contributed by atoms with E-state index in [9.17, 15) is 4.79 Å². The third-order valence-electron chi connectivity index (χ3n) is 6.10. The lowest BCUT2D eigenvalue weighted by atomic mass is 9.72. The normalized spacial score (nSPS) is 20.9. The summed E-state index contributed by atoms with van der Waals surface area (Å²) >= 11 is 6.04. The minimum Gasteiger partial charge on any atom is -0.338 e. The van der Waals surface area contributed by atoms with Gasteiger partial charge in [-0.15, -0.1) is 0 Å². The Morgan fingerprint density at radius 2 is 1.83 bits per heavy atom. The van der Waals surface area contributed by atoms with Crippen LogP contribution in [0.25, 0.3) is 0 Å². The van der Waals surface area contributed by atoms with Gasteiger partial charge in [0.15, 0.2) is 5.78 Å². The molecule has 5 heteroatoms. The molecule has 5 rings (SSSR count). The Labute approximate surface area is 174 Å². The highest BCUT2D eigenvalue weighted by Crippen LogP contribution is 2.49. The quantitative estimate of drug-likeness (QED) is 0.577. The van der Waals surface area contributed by atoms with E-state index in [1.807, 2.05) is 43.3 Å². The number of fused-ring (bicyclic) bond motifs is 1. The molecule has 1 N–H and O–H groups in total. The van der Waals surface area contributed by atoms with Crippen molar-refractivity contribution in [3.63, 3.8) is 0 Å². The van der Waals surface area contributed by atoms with E-state index >= 15 is 0 Å². The Bertz CT molecular complexity index is 1140. The van der Waals surface area contributed by atoms with Crippen molar-refractivity contribution in [1.82, 2.24) is 5.16 Å². The molecule has 2 aromatic carbocycles. The van der Waals surface area contributed by atoms with Gasteiger partial charge in [-0.25, -0.2) is 0 Å². The minimum atomic E-state index is -0.146. The molecule has 0 amide bonds. The molecule has 0 saturated carbocycles. The molecule has 3 aromatic rings. The molecule has 0 spiro atoms. The SMILES string of the molecule is Cc1ccccc1[C@@H]1C2=C(C[C@@H](c3ccc(Cl)cc3)CC2=O)Nc2onc(C)c21. The lowest BCUT2D eigenvalue weighted by molar-refractivity contribution is -0.116. The van der Waals surface area contributed by atoms with E-state index in [0.29, 0.717) is 17.3 Å². The van der Waals surface area contributed by atoms with Crippen LogP contribution in [0.5, 0.6) is 0 Å². The van der Waals surface area contributed by atoms with Crippen molar-refractivity contribution in [2.24, 2.45) is 0 Å². The van der Waals surface area contributed by atoms with Crippen molar-refractivity contribution >= 4 is 23.3 Å². The number of aromatic nitrogens is 1. The van der Waals surface area contributed by atoms with Gasteiger partial charge in [-0.1, -0.05) is 53.2 Å². The number of Topliss-reactive ketones (excluding diaryl/α,β-unsaturated/α-hetero) is 1. The summed E-state index contributed by atoms with van der Waals surface area (Å²) in [5.74, 6) is 0.804. The highest BCUT2D eigenvalue weighted by molar-refractivity contribution is 6.30. The number of halogens is 1. The highest BCUT2D eigenvalue weighted by Gasteiger charge is 2.41. The van der Waals surface area contributed by atoms with Gasteiger partial charge < -0.3 is 9.84 Å². The Hall–Kier alpha value is -2.85. The van der Waals surface area contributed by atoms with Gasteiger partial charge in [0.2, 0.25) is 5.88 Å². The van der Waals surface area contributed by atoms with Crippen LogP contribution in [0.4, 0.5) is 5.88 Å². The van der Waals surface area contributed by atoms with Crippen molar-refractivity contribution in [3.8, 4) is 0 Å². The predicted molar refractivity (Wildman–Crippen MR) is 113 cm³/mol. The first-order chi connectivity index (χ1) is 14.0. The first kappa shape index (κ1) is 18.2. The Balaban J connectivity index is 1.63. The van der Waals surface area contributed by atoms with Crippen LogP contribution in [-0.4, -0.2) is 10.9 Å². The van der Waals surface area contributed by atoms with Crippen LogP contribution in [0.3, 0.4) is 0 Å². The molecule has 146 valence electrons. The molecular formula is C24H21ClN2O2. The first-order valence-corrected chi connectivity index (χ1v) is 10.2. The third-order valence-corrected chi connectivity index (χ3v) is 6.35. The minimum absolute atomic E-state index is 0.120. The molecule has 0 radical (unpaired) electrons. The highest BCUT2D eigenvalue weighted by atomic mass is 35.5. The van der Waals surface area contributed by atoms with Gasteiger partial charge in [0.05, 0.1) is 11.3 Å². The van der Waals surface area contributed by atoms with Crippen LogP contribution in [0.15, 0.2) is 64.3 Å². The summed E-state index contributed by atoms with van der Waals surface area (Å²) in [7, 11) is 0. The van der Waals surface area contributed by atoms with Crippen molar-refractivity contribution in [2.75, 3.05) is 5.32 Å².